The number of carbonyl (C=O) groups excluding carboxylic acids is 1. The van der Waals surface area contributed by atoms with Crippen molar-refractivity contribution in [2.75, 3.05) is 20.2 Å². The lowest BCUT2D eigenvalue weighted by Crippen LogP contribution is -2.39. The van der Waals surface area contributed by atoms with Gasteiger partial charge in [-0.25, -0.2) is 4.79 Å². The summed E-state index contributed by atoms with van der Waals surface area (Å²) in [5.41, 5.74) is 11.4. The molecule has 104 valence electrons. The van der Waals surface area contributed by atoms with Gasteiger partial charge in [0.05, 0.1) is 12.7 Å². The Morgan fingerprint density at radius 2 is 2.00 bits per heavy atom. The number of rotatable bonds is 8. The van der Waals surface area contributed by atoms with Crippen molar-refractivity contribution in [3.05, 3.63) is 23.8 Å². The summed E-state index contributed by atoms with van der Waals surface area (Å²) in [4.78, 5) is 11.5. The fraction of sp³-hybridized carbons (Fsp3) is 0.615. The molecule has 0 aliphatic heterocycles. The minimum atomic E-state index is -0.348. The maximum absolute atomic E-state index is 11.5. The first-order valence-corrected chi connectivity index (χ1v) is 6.16. The Balaban J connectivity index is 4.47. The van der Waals surface area contributed by atoms with Crippen molar-refractivity contribution in [3.8, 4) is 0 Å². The van der Waals surface area contributed by atoms with E-state index in [0.29, 0.717) is 18.7 Å². The highest BCUT2D eigenvalue weighted by molar-refractivity contribution is 5.91. The zero-order chi connectivity index (χ0) is 14.0. The summed E-state index contributed by atoms with van der Waals surface area (Å²) < 4.78 is 4.70. The second-order valence-corrected chi connectivity index (χ2v) is 4.23. The van der Waals surface area contributed by atoms with Crippen LogP contribution in [0.4, 0.5) is 0 Å². The number of hydrogen-bond donors (Lipinski definition) is 3. The molecule has 0 saturated carbocycles. The third kappa shape index (κ3) is 7.21. The first kappa shape index (κ1) is 16.8. The highest BCUT2D eigenvalue weighted by Gasteiger charge is 2.08. The second-order valence-electron chi connectivity index (χ2n) is 4.23. The van der Waals surface area contributed by atoms with E-state index in [1.54, 1.807) is 12.2 Å². The summed E-state index contributed by atoms with van der Waals surface area (Å²) in [7, 11) is 1.37. The number of nitrogens with one attached hydrogen (secondary N) is 1. The van der Waals surface area contributed by atoms with Gasteiger partial charge in [-0.2, -0.15) is 0 Å². The first-order chi connectivity index (χ1) is 8.54. The zero-order valence-electron chi connectivity index (χ0n) is 11.5. The van der Waals surface area contributed by atoms with Crippen molar-refractivity contribution in [2.45, 2.75) is 32.4 Å². The van der Waals surface area contributed by atoms with Crippen molar-refractivity contribution >= 4 is 5.97 Å². The Morgan fingerprint density at radius 1 is 1.33 bits per heavy atom. The van der Waals surface area contributed by atoms with Crippen molar-refractivity contribution in [1.29, 1.82) is 0 Å². The molecule has 0 aromatic rings. The molecule has 0 heterocycles. The van der Waals surface area contributed by atoms with Gasteiger partial charge >= 0.3 is 5.97 Å². The molecule has 0 aromatic heterocycles. The molecule has 5 N–H and O–H groups in total. The topological polar surface area (TPSA) is 90.4 Å². The van der Waals surface area contributed by atoms with Gasteiger partial charge in [-0.3, -0.25) is 0 Å². The van der Waals surface area contributed by atoms with E-state index in [4.69, 9.17) is 16.2 Å². The summed E-state index contributed by atoms with van der Waals surface area (Å²) in [6.45, 7) is 5.05. The molecule has 18 heavy (non-hydrogen) atoms. The number of carbonyl (C=O) groups is 1. The van der Waals surface area contributed by atoms with Gasteiger partial charge in [-0.1, -0.05) is 18.2 Å². The number of nitrogens with two attached hydrogens (primary N) is 2. The van der Waals surface area contributed by atoms with Crippen LogP contribution < -0.4 is 16.8 Å². The molecule has 2 atom stereocenters. The normalized spacial score (nSPS) is 15.7. The molecule has 0 aromatic carbocycles. The van der Waals surface area contributed by atoms with Gasteiger partial charge in [0.2, 0.25) is 0 Å². The van der Waals surface area contributed by atoms with Crippen LogP contribution in [0, 0.1) is 0 Å². The molecule has 0 saturated heterocycles. The molecular weight excluding hydrogens is 230 g/mol. The lowest BCUT2D eigenvalue weighted by atomic mass is 10.1. The molecule has 5 nitrogen and oxygen atoms in total. The maximum Gasteiger partial charge on any atom is 0.337 e. The molecular formula is C13H25N3O2. The lowest BCUT2D eigenvalue weighted by molar-refractivity contribution is -0.135. The molecule has 0 amide bonds. The van der Waals surface area contributed by atoms with Crippen LogP contribution in [0.1, 0.15) is 20.3 Å². The standard InChI is InChI=1S/C13H25N3O2/c1-10(16-11(2)9-15)6-7-12(5-4-8-14)13(17)18-3/h4-5,7,10-11,16H,6,8-9,14-15H2,1-3H3/b5-4-,12-7?/t10-,11+/m0/s1. The summed E-state index contributed by atoms with van der Waals surface area (Å²) in [6, 6.07) is 0.504. The van der Waals surface area contributed by atoms with Gasteiger partial charge in [-0.05, 0) is 20.3 Å². The van der Waals surface area contributed by atoms with E-state index in [-0.39, 0.29) is 18.1 Å². The molecule has 0 spiro atoms. The lowest BCUT2D eigenvalue weighted by Gasteiger charge is -2.17. The molecule has 0 aliphatic carbocycles. The smallest absolute Gasteiger partial charge is 0.337 e. The summed E-state index contributed by atoms with van der Waals surface area (Å²) in [6.07, 6.45) is 5.98. The Bertz CT molecular complexity index is 301. The van der Waals surface area contributed by atoms with Crippen LogP contribution in [-0.2, 0) is 9.53 Å². The van der Waals surface area contributed by atoms with Crippen LogP contribution in [0.5, 0.6) is 0 Å². The number of ether oxygens (including phenoxy) is 1. The van der Waals surface area contributed by atoms with Crippen molar-refractivity contribution in [2.24, 2.45) is 11.5 Å². The molecule has 5 heteroatoms. The predicted octanol–water partition coefficient (Wildman–Crippen LogP) is 0.316. The Labute approximate surface area is 109 Å². The zero-order valence-corrected chi connectivity index (χ0v) is 11.5. The van der Waals surface area contributed by atoms with Crippen molar-refractivity contribution in [3.63, 3.8) is 0 Å². The highest BCUT2D eigenvalue weighted by atomic mass is 16.5. The number of hydrogen-bond acceptors (Lipinski definition) is 5. The average molecular weight is 255 g/mol. The van der Waals surface area contributed by atoms with Crippen LogP contribution >= 0.6 is 0 Å². The molecule has 0 rings (SSSR count). The van der Waals surface area contributed by atoms with Gasteiger partial charge < -0.3 is 21.5 Å². The van der Waals surface area contributed by atoms with Crippen LogP contribution in [0.15, 0.2) is 23.8 Å². The van der Waals surface area contributed by atoms with E-state index in [0.717, 1.165) is 6.42 Å². The minimum Gasteiger partial charge on any atom is -0.465 e. The van der Waals surface area contributed by atoms with Gasteiger partial charge in [-0.15, -0.1) is 0 Å². The Kier molecular flexibility index (Phi) is 9.18. The fourth-order valence-electron chi connectivity index (χ4n) is 1.46. The van der Waals surface area contributed by atoms with Gasteiger partial charge in [0.25, 0.3) is 0 Å². The van der Waals surface area contributed by atoms with Crippen LogP contribution in [0.3, 0.4) is 0 Å². The van der Waals surface area contributed by atoms with Crippen molar-refractivity contribution < 1.29 is 9.53 Å². The third-order valence-electron chi connectivity index (χ3n) is 2.47. The van der Waals surface area contributed by atoms with Crippen LogP contribution in [0.2, 0.25) is 0 Å². The number of methoxy groups -OCH3 is 1. The quantitative estimate of drug-likeness (QED) is 0.330. The highest BCUT2D eigenvalue weighted by Crippen LogP contribution is 2.04. The predicted molar refractivity (Wildman–Crippen MR) is 74.0 cm³/mol. The molecule has 0 fully saturated rings. The van der Waals surface area contributed by atoms with Gasteiger partial charge in [0.1, 0.15) is 0 Å². The van der Waals surface area contributed by atoms with E-state index in [1.807, 2.05) is 19.9 Å². The van der Waals surface area contributed by atoms with Crippen LogP contribution in [-0.4, -0.2) is 38.3 Å². The van der Waals surface area contributed by atoms with E-state index in [1.165, 1.54) is 7.11 Å². The monoisotopic (exact) mass is 255 g/mol. The maximum atomic E-state index is 11.5. The minimum absolute atomic E-state index is 0.245. The Hall–Kier alpha value is -1.17. The van der Waals surface area contributed by atoms with E-state index < -0.39 is 0 Å². The summed E-state index contributed by atoms with van der Waals surface area (Å²) >= 11 is 0. The SMILES string of the molecule is COC(=O)C(=CC[C@H](C)N[C@H](C)CN)/C=C\CN. The molecule has 0 unspecified atom stereocenters. The Morgan fingerprint density at radius 3 is 2.50 bits per heavy atom. The van der Waals surface area contributed by atoms with Crippen molar-refractivity contribution in [1.82, 2.24) is 5.32 Å². The third-order valence-corrected chi connectivity index (χ3v) is 2.47. The fourth-order valence-corrected chi connectivity index (χ4v) is 1.46. The number of esters is 1. The molecule has 0 radical (unpaired) electrons. The van der Waals surface area contributed by atoms with E-state index >= 15 is 0 Å². The van der Waals surface area contributed by atoms with Gasteiger partial charge in [0, 0.05) is 25.2 Å². The van der Waals surface area contributed by atoms with E-state index in [9.17, 15) is 4.79 Å². The molecule has 0 aliphatic rings. The second kappa shape index (κ2) is 9.82. The molecule has 0 bridgehead atoms. The first-order valence-electron chi connectivity index (χ1n) is 6.16. The van der Waals surface area contributed by atoms with E-state index in [2.05, 4.69) is 5.32 Å². The summed E-state index contributed by atoms with van der Waals surface area (Å²) in [5.74, 6) is -0.348. The average Bonchev–Trinajstić information content (AvgIpc) is 2.37. The van der Waals surface area contributed by atoms with Crippen LogP contribution in [0.25, 0.3) is 0 Å². The largest absolute Gasteiger partial charge is 0.465 e. The van der Waals surface area contributed by atoms with Gasteiger partial charge in [0.15, 0.2) is 0 Å². The summed E-state index contributed by atoms with van der Waals surface area (Å²) in [5, 5.41) is 3.33.